The maximum Gasteiger partial charge on any atom is 0.305 e. The molecular weight excluding hydrogens is 645 g/mol. The lowest BCUT2D eigenvalue weighted by Crippen LogP contribution is -2.34. The summed E-state index contributed by atoms with van der Waals surface area (Å²) in [7, 11) is 0. The van der Waals surface area contributed by atoms with Gasteiger partial charge in [-0.15, -0.1) is 0 Å². The maximum atomic E-state index is 12.1. The van der Waals surface area contributed by atoms with Crippen molar-refractivity contribution in [1.29, 1.82) is 0 Å². The summed E-state index contributed by atoms with van der Waals surface area (Å²) in [6.45, 7) is 11.3. The van der Waals surface area contributed by atoms with Crippen LogP contribution in [-0.4, -0.2) is 50.3 Å². The molecule has 0 aromatic heterocycles. The van der Waals surface area contributed by atoms with Crippen LogP contribution < -0.4 is 10.6 Å². The van der Waals surface area contributed by atoms with Crippen LogP contribution in [0, 0.1) is 0 Å². The molecule has 0 aliphatic carbocycles. The summed E-state index contributed by atoms with van der Waals surface area (Å²) in [5.74, 6) is -0.143. The van der Waals surface area contributed by atoms with Gasteiger partial charge in [0.15, 0.2) is 0 Å². The summed E-state index contributed by atoms with van der Waals surface area (Å²) in [5, 5.41) is 6.92. The molecule has 6 nitrogen and oxygen atoms in total. The van der Waals surface area contributed by atoms with E-state index in [1.54, 1.807) is 0 Å². The zero-order chi connectivity index (χ0) is 38.0. The van der Waals surface area contributed by atoms with Crippen molar-refractivity contribution in [2.24, 2.45) is 0 Å². The van der Waals surface area contributed by atoms with E-state index in [9.17, 15) is 9.59 Å². The highest BCUT2D eigenvalue weighted by Gasteiger charge is 2.09. The van der Waals surface area contributed by atoms with Crippen molar-refractivity contribution < 1.29 is 19.1 Å². The van der Waals surface area contributed by atoms with Gasteiger partial charge in [-0.25, -0.2) is 0 Å². The molecule has 0 fully saturated rings. The van der Waals surface area contributed by atoms with E-state index in [2.05, 4.69) is 62.6 Å². The summed E-state index contributed by atoms with van der Waals surface area (Å²) >= 11 is 0. The molecular formula is C46H88N2O4. The van der Waals surface area contributed by atoms with Crippen LogP contribution in [0.1, 0.15) is 220 Å². The minimum Gasteiger partial charge on any atom is -0.464 e. The van der Waals surface area contributed by atoms with Gasteiger partial charge in [0.2, 0.25) is 0 Å². The standard InChI is InChI=1S/C46H88N2O4/c1-5-7-9-11-13-15-17-19-21-23-25-27-29-31-33-37-45(49)51-41-43(3)47-39-35-36-40-48-44(4)42-52-46(50)38-34-32-30-28-26-24-22-20-18-16-14-12-10-8-6-2/h19-22,43-44,47-48H,5-18,23-42H2,1-4H3/b21-19-,22-20-. The number of allylic oxidation sites excluding steroid dienone is 4. The Kier molecular flexibility index (Phi) is 40.7. The largest absolute Gasteiger partial charge is 0.464 e. The maximum absolute atomic E-state index is 12.1. The fourth-order valence-corrected chi connectivity index (χ4v) is 6.33. The molecule has 0 aliphatic rings. The van der Waals surface area contributed by atoms with E-state index in [4.69, 9.17) is 9.47 Å². The van der Waals surface area contributed by atoms with Gasteiger partial charge in [0.05, 0.1) is 0 Å². The molecule has 0 spiro atoms. The minimum atomic E-state index is -0.0714. The molecule has 2 N–H and O–H groups in total. The highest BCUT2D eigenvalue weighted by Crippen LogP contribution is 2.12. The van der Waals surface area contributed by atoms with Crippen LogP contribution in [0.3, 0.4) is 0 Å². The van der Waals surface area contributed by atoms with Crippen LogP contribution >= 0.6 is 0 Å². The SMILES string of the molecule is CCCCCCCC/C=C\CCCCCCCC(=O)OCC(C)NCCCCNC(C)COC(=O)CCCCCCC/C=C\CCCCCCCC. The first-order valence-electron chi connectivity index (χ1n) is 22.6. The Bertz CT molecular complexity index is 748. The van der Waals surface area contributed by atoms with Gasteiger partial charge in [0.1, 0.15) is 13.2 Å². The molecule has 0 aromatic carbocycles. The van der Waals surface area contributed by atoms with Crippen molar-refractivity contribution in [2.75, 3.05) is 26.3 Å². The van der Waals surface area contributed by atoms with Crippen molar-refractivity contribution in [3.05, 3.63) is 24.3 Å². The van der Waals surface area contributed by atoms with Crippen LogP contribution in [-0.2, 0) is 19.1 Å². The fraction of sp³-hybridized carbons (Fsp3) is 0.870. The second kappa shape index (κ2) is 42.1. The lowest BCUT2D eigenvalue weighted by atomic mass is 10.1. The summed E-state index contributed by atoms with van der Waals surface area (Å²) in [6, 6.07) is 0.317. The van der Waals surface area contributed by atoms with Crippen LogP contribution in [0.2, 0.25) is 0 Å². The molecule has 2 unspecified atom stereocenters. The molecule has 2 atom stereocenters. The van der Waals surface area contributed by atoms with Crippen molar-refractivity contribution in [3.63, 3.8) is 0 Å². The van der Waals surface area contributed by atoms with Crippen LogP contribution in [0.4, 0.5) is 0 Å². The van der Waals surface area contributed by atoms with Crippen molar-refractivity contribution in [1.82, 2.24) is 10.6 Å². The second-order valence-corrected chi connectivity index (χ2v) is 15.5. The summed E-state index contributed by atoms with van der Waals surface area (Å²) in [6.07, 6.45) is 45.4. The first kappa shape index (κ1) is 50.3. The van der Waals surface area contributed by atoms with Gasteiger partial charge < -0.3 is 20.1 Å². The Morgan fingerprint density at radius 1 is 0.423 bits per heavy atom. The highest BCUT2D eigenvalue weighted by molar-refractivity contribution is 5.69. The summed E-state index contributed by atoms with van der Waals surface area (Å²) < 4.78 is 11.0. The molecule has 0 amide bonds. The first-order valence-corrected chi connectivity index (χ1v) is 22.6. The normalized spacial score (nSPS) is 12.9. The molecule has 0 heterocycles. The molecule has 52 heavy (non-hydrogen) atoms. The van der Waals surface area contributed by atoms with E-state index in [1.165, 1.54) is 141 Å². The predicted octanol–water partition coefficient (Wildman–Crippen LogP) is 12.9. The number of rotatable bonds is 41. The third kappa shape index (κ3) is 41.1. The lowest BCUT2D eigenvalue weighted by molar-refractivity contribution is -0.145. The fourth-order valence-electron chi connectivity index (χ4n) is 6.33. The molecule has 0 bridgehead atoms. The molecule has 0 aliphatic heterocycles. The van der Waals surface area contributed by atoms with Gasteiger partial charge in [-0.3, -0.25) is 9.59 Å². The van der Waals surface area contributed by atoms with Crippen molar-refractivity contribution in [3.8, 4) is 0 Å². The Hall–Kier alpha value is -1.66. The van der Waals surface area contributed by atoms with Crippen LogP contribution in [0.5, 0.6) is 0 Å². The molecule has 0 saturated carbocycles. The minimum absolute atomic E-state index is 0.0714. The van der Waals surface area contributed by atoms with Crippen molar-refractivity contribution >= 4 is 11.9 Å². The van der Waals surface area contributed by atoms with Crippen molar-refractivity contribution in [2.45, 2.75) is 232 Å². The average molecular weight is 733 g/mol. The van der Waals surface area contributed by atoms with Crippen LogP contribution in [0.25, 0.3) is 0 Å². The number of esters is 2. The van der Waals surface area contributed by atoms with E-state index in [-0.39, 0.29) is 24.0 Å². The third-order valence-corrected chi connectivity index (χ3v) is 9.86. The number of unbranched alkanes of at least 4 members (excludes halogenated alkanes) is 23. The molecule has 306 valence electrons. The van der Waals surface area contributed by atoms with Gasteiger partial charge in [-0.1, -0.05) is 141 Å². The zero-order valence-electron chi connectivity index (χ0n) is 35.1. The Morgan fingerprint density at radius 3 is 1.04 bits per heavy atom. The Morgan fingerprint density at radius 2 is 0.712 bits per heavy atom. The number of carbonyl (C=O) groups excluding carboxylic acids is 2. The zero-order valence-corrected chi connectivity index (χ0v) is 35.1. The van der Waals surface area contributed by atoms with Gasteiger partial charge in [0.25, 0.3) is 0 Å². The van der Waals surface area contributed by atoms with Crippen LogP contribution in [0.15, 0.2) is 24.3 Å². The van der Waals surface area contributed by atoms with E-state index in [1.807, 2.05) is 0 Å². The summed E-state index contributed by atoms with van der Waals surface area (Å²) in [5.41, 5.74) is 0. The molecule has 0 radical (unpaired) electrons. The number of nitrogens with one attached hydrogen (secondary N) is 2. The quantitative estimate of drug-likeness (QED) is 0.0370. The molecule has 6 heteroatoms. The smallest absolute Gasteiger partial charge is 0.305 e. The monoisotopic (exact) mass is 733 g/mol. The van der Waals surface area contributed by atoms with Gasteiger partial charge in [-0.2, -0.15) is 0 Å². The van der Waals surface area contributed by atoms with Gasteiger partial charge in [-0.05, 0) is 104 Å². The number of hydrogen-bond acceptors (Lipinski definition) is 6. The van der Waals surface area contributed by atoms with E-state index in [0.29, 0.717) is 26.1 Å². The second-order valence-electron chi connectivity index (χ2n) is 15.5. The Balaban J connectivity index is 3.48. The van der Waals surface area contributed by atoms with E-state index in [0.717, 1.165) is 51.6 Å². The average Bonchev–Trinajstić information content (AvgIpc) is 3.14. The predicted molar refractivity (Wildman–Crippen MR) is 225 cm³/mol. The molecule has 0 rings (SSSR count). The number of ether oxygens (including phenoxy) is 2. The van der Waals surface area contributed by atoms with Gasteiger partial charge >= 0.3 is 11.9 Å². The molecule has 0 saturated heterocycles. The topological polar surface area (TPSA) is 76.7 Å². The van der Waals surface area contributed by atoms with Gasteiger partial charge in [0, 0.05) is 24.9 Å². The Labute approximate surface area is 323 Å². The lowest BCUT2D eigenvalue weighted by Gasteiger charge is -2.16. The van der Waals surface area contributed by atoms with E-state index >= 15 is 0 Å². The first-order chi connectivity index (χ1) is 25.5. The highest BCUT2D eigenvalue weighted by atomic mass is 16.5. The molecule has 0 aromatic rings. The third-order valence-electron chi connectivity index (χ3n) is 9.86. The number of carbonyl (C=O) groups is 2. The van der Waals surface area contributed by atoms with E-state index < -0.39 is 0 Å². The number of hydrogen-bond donors (Lipinski definition) is 2. The summed E-state index contributed by atoms with van der Waals surface area (Å²) in [4.78, 5) is 24.2.